The molecule has 15 heavy (non-hydrogen) atoms. The molecule has 0 amide bonds. The molecule has 0 aliphatic heterocycles. The van der Waals surface area contributed by atoms with Gasteiger partial charge in [0.2, 0.25) is 0 Å². The van der Waals surface area contributed by atoms with Crippen LogP contribution in [0.1, 0.15) is 26.2 Å². The Hall–Kier alpha value is -1.63. The molecule has 1 aliphatic carbocycles. The van der Waals surface area contributed by atoms with Crippen molar-refractivity contribution in [2.24, 2.45) is 5.92 Å². The van der Waals surface area contributed by atoms with Crippen LogP contribution >= 0.6 is 0 Å². The lowest BCUT2D eigenvalue weighted by atomic mass is 9.89. The number of rotatable bonds is 3. The third-order valence-corrected chi connectivity index (χ3v) is 2.26. The first-order chi connectivity index (χ1) is 7.19. The number of allylic oxidation sites excluding steroid dienone is 1. The third kappa shape index (κ3) is 2.91. The number of nitrogens with zero attached hydrogens (tertiary/aromatic N) is 1. The summed E-state index contributed by atoms with van der Waals surface area (Å²) in [6, 6.07) is 1.88. The maximum Gasteiger partial charge on any atom is 0.327 e. The first-order valence-corrected chi connectivity index (χ1v) is 4.98. The van der Waals surface area contributed by atoms with Gasteiger partial charge >= 0.3 is 5.97 Å². The Morgan fingerprint density at radius 2 is 2.40 bits per heavy atom. The van der Waals surface area contributed by atoms with Crippen LogP contribution in [0.2, 0.25) is 0 Å². The normalized spacial score (nSPS) is 17.6. The van der Waals surface area contributed by atoms with Crippen LogP contribution < -0.4 is 0 Å². The molecule has 4 heteroatoms. The van der Waals surface area contributed by atoms with Gasteiger partial charge in [0.1, 0.15) is 0 Å². The molecular weight excluding hydrogens is 194 g/mol. The quantitative estimate of drug-likeness (QED) is 0.655. The van der Waals surface area contributed by atoms with E-state index in [1.54, 1.807) is 6.92 Å². The molecule has 0 aromatic carbocycles. The van der Waals surface area contributed by atoms with Gasteiger partial charge in [-0.1, -0.05) is 0 Å². The average molecular weight is 207 g/mol. The van der Waals surface area contributed by atoms with E-state index >= 15 is 0 Å². The van der Waals surface area contributed by atoms with Gasteiger partial charge in [-0.3, -0.25) is 9.59 Å². The summed E-state index contributed by atoms with van der Waals surface area (Å²) in [5, 5.41) is 8.86. The number of hydrogen-bond donors (Lipinski definition) is 0. The first-order valence-electron chi connectivity index (χ1n) is 4.98. The van der Waals surface area contributed by atoms with Gasteiger partial charge in [-0.25, -0.2) is 0 Å². The number of carbonyl (C=O) groups is 2. The SMILES string of the molecule is CCOC(=O)C(C#N)C1=CC(=O)CCC1. The average Bonchev–Trinajstić information content (AvgIpc) is 2.19. The Bertz CT molecular complexity index is 338. The van der Waals surface area contributed by atoms with Crippen LogP contribution in [-0.4, -0.2) is 18.4 Å². The van der Waals surface area contributed by atoms with Crippen LogP contribution in [0, 0.1) is 17.2 Å². The van der Waals surface area contributed by atoms with Crippen molar-refractivity contribution in [2.45, 2.75) is 26.2 Å². The number of carbonyl (C=O) groups excluding carboxylic acids is 2. The fraction of sp³-hybridized carbons (Fsp3) is 0.545. The molecule has 0 fully saturated rings. The van der Waals surface area contributed by atoms with Gasteiger partial charge in [-0.05, 0) is 31.4 Å². The second-order valence-electron chi connectivity index (χ2n) is 3.35. The number of esters is 1. The number of ether oxygens (including phenoxy) is 1. The molecule has 1 atom stereocenters. The molecule has 0 bridgehead atoms. The highest BCUT2D eigenvalue weighted by Crippen LogP contribution is 2.23. The molecule has 4 nitrogen and oxygen atoms in total. The van der Waals surface area contributed by atoms with Crippen molar-refractivity contribution in [1.29, 1.82) is 5.26 Å². The van der Waals surface area contributed by atoms with Crippen LogP contribution in [0.5, 0.6) is 0 Å². The van der Waals surface area contributed by atoms with Crippen molar-refractivity contribution < 1.29 is 14.3 Å². The maximum atomic E-state index is 11.4. The minimum atomic E-state index is -0.908. The van der Waals surface area contributed by atoms with E-state index in [0.717, 1.165) is 0 Å². The van der Waals surface area contributed by atoms with Crippen LogP contribution in [0.15, 0.2) is 11.6 Å². The summed E-state index contributed by atoms with van der Waals surface area (Å²) in [5.41, 5.74) is 0.590. The Morgan fingerprint density at radius 3 is 2.93 bits per heavy atom. The van der Waals surface area contributed by atoms with Gasteiger partial charge in [0.15, 0.2) is 11.7 Å². The van der Waals surface area contributed by atoms with Crippen molar-refractivity contribution in [1.82, 2.24) is 0 Å². The molecule has 0 heterocycles. The van der Waals surface area contributed by atoms with E-state index in [1.807, 2.05) is 6.07 Å². The molecule has 1 aliphatic rings. The molecule has 1 rings (SSSR count). The van der Waals surface area contributed by atoms with Crippen molar-refractivity contribution in [3.05, 3.63) is 11.6 Å². The number of nitriles is 1. The molecule has 0 radical (unpaired) electrons. The van der Waals surface area contributed by atoms with E-state index in [1.165, 1.54) is 6.08 Å². The zero-order chi connectivity index (χ0) is 11.3. The van der Waals surface area contributed by atoms with Gasteiger partial charge in [0.05, 0.1) is 12.7 Å². The summed E-state index contributed by atoms with van der Waals surface area (Å²) in [4.78, 5) is 22.5. The summed E-state index contributed by atoms with van der Waals surface area (Å²) in [7, 11) is 0. The first kappa shape index (κ1) is 11.4. The molecule has 0 saturated carbocycles. The molecule has 80 valence electrons. The minimum Gasteiger partial charge on any atom is -0.465 e. The predicted octanol–water partition coefficient (Wildman–Crippen LogP) is 1.37. The summed E-state index contributed by atoms with van der Waals surface area (Å²) in [6.45, 7) is 1.94. The summed E-state index contributed by atoms with van der Waals surface area (Å²) < 4.78 is 4.77. The van der Waals surface area contributed by atoms with E-state index in [4.69, 9.17) is 10.00 Å². The molecule has 0 spiro atoms. The van der Waals surface area contributed by atoms with E-state index in [9.17, 15) is 9.59 Å². The minimum absolute atomic E-state index is 0.0131. The van der Waals surface area contributed by atoms with Crippen molar-refractivity contribution >= 4 is 11.8 Å². The van der Waals surface area contributed by atoms with Gasteiger partial charge in [0.25, 0.3) is 0 Å². The Morgan fingerprint density at radius 1 is 1.67 bits per heavy atom. The fourth-order valence-electron chi connectivity index (χ4n) is 1.56. The Labute approximate surface area is 88.5 Å². The lowest BCUT2D eigenvalue weighted by Crippen LogP contribution is -2.20. The highest BCUT2D eigenvalue weighted by atomic mass is 16.5. The van der Waals surface area contributed by atoms with Gasteiger partial charge in [-0.15, -0.1) is 0 Å². The lowest BCUT2D eigenvalue weighted by molar-refractivity contribution is -0.144. The lowest BCUT2D eigenvalue weighted by Gasteiger charge is -2.15. The summed E-state index contributed by atoms with van der Waals surface area (Å²) in [6.07, 6.45) is 3.25. The monoisotopic (exact) mass is 207 g/mol. The van der Waals surface area contributed by atoms with Crippen molar-refractivity contribution in [3.8, 4) is 6.07 Å². The second kappa shape index (κ2) is 5.30. The predicted molar refractivity (Wildman–Crippen MR) is 52.7 cm³/mol. The Balaban J connectivity index is 2.79. The Kier molecular flexibility index (Phi) is 4.04. The molecular formula is C11H13NO3. The summed E-state index contributed by atoms with van der Waals surface area (Å²) in [5.74, 6) is -1.48. The van der Waals surface area contributed by atoms with Crippen molar-refractivity contribution in [2.75, 3.05) is 6.61 Å². The molecule has 0 aromatic heterocycles. The zero-order valence-corrected chi connectivity index (χ0v) is 8.66. The fourth-order valence-corrected chi connectivity index (χ4v) is 1.56. The van der Waals surface area contributed by atoms with E-state index in [0.29, 0.717) is 24.8 Å². The number of ketones is 1. The topological polar surface area (TPSA) is 67.2 Å². The zero-order valence-electron chi connectivity index (χ0n) is 8.66. The summed E-state index contributed by atoms with van der Waals surface area (Å²) >= 11 is 0. The highest BCUT2D eigenvalue weighted by molar-refractivity contribution is 5.93. The van der Waals surface area contributed by atoms with E-state index in [2.05, 4.69) is 0 Å². The van der Waals surface area contributed by atoms with Gasteiger partial charge in [0, 0.05) is 6.42 Å². The van der Waals surface area contributed by atoms with E-state index < -0.39 is 11.9 Å². The molecule has 0 aromatic rings. The third-order valence-electron chi connectivity index (χ3n) is 2.26. The molecule has 1 unspecified atom stereocenters. The standard InChI is InChI=1S/C11H13NO3/c1-2-15-11(14)10(7-12)8-4-3-5-9(13)6-8/h6,10H,2-5H2,1H3. The van der Waals surface area contributed by atoms with Crippen LogP contribution in [0.4, 0.5) is 0 Å². The molecule has 0 saturated heterocycles. The van der Waals surface area contributed by atoms with E-state index in [-0.39, 0.29) is 12.4 Å². The van der Waals surface area contributed by atoms with Gasteiger partial charge in [-0.2, -0.15) is 5.26 Å². The largest absolute Gasteiger partial charge is 0.465 e. The smallest absolute Gasteiger partial charge is 0.327 e. The van der Waals surface area contributed by atoms with Crippen LogP contribution in [-0.2, 0) is 14.3 Å². The maximum absolute atomic E-state index is 11.4. The van der Waals surface area contributed by atoms with Crippen LogP contribution in [0.25, 0.3) is 0 Å². The highest BCUT2D eigenvalue weighted by Gasteiger charge is 2.26. The van der Waals surface area contributed by atoms with Crippen molar-refractivity contribution in [3.63, 3.8) is 0 Å². The number of hydrogen-bond acceptors (Lipinski definition) is 4. The van der Waals surface area contributed by atoms with Crippen LogP contribution in [0.3, 0.4) is 0 Å². The molecule has 0 N–H and O–H groups in total. The second-order valence-corrected chi connectivity index (χ2v) is 3.35. The van der Waals surface area contributed by atoms with Gasteiger partial charge < -0.3 is 4.74 Å².